The number of pyridine rings is 1. The lowest BCUT2D eigenvalue weighted by Crippen LogP contribution is -2.49. The smallest absolute Gasteiger partial charge is 0.417 e. The van der Waals surface area contributed by atoms with Gasteiger partial charge in [-0.25, -0.2) is 9.18 Å². The first kappa shape index (κ1) is 28.5. The molecule has 1 saturated heterocycles. The zero-order valence-electron chi connectivity index (χ0n) is 22.8. The van der Waals surface area contributed by atoms with Gasteiger partial charge in [0.1, 0.15) is 5.82 Å². The number of carbonyl (C=O) groups excluding carboxylic acids is 1. The highest BCUT2D eigenvalue weighted by Gasteiger charge is 2.51. The summed E-state index contributed by atoms with van der Waals surface area (Å²) in [6, 6.07) is 5.70. The third-order valence-corrected chi connectivity index (χ3v) is 9.45. The molecule has 2 aromatic rings. The van der Waals surface area contributed by atoms with Gasteiger partial charge in [0.05, 0.1) is 16.5 Å². The Labute approximate surface area is 231 Å². The van der Waals surface area contributed by atoms with Crippen LogP contribution < -0.4 is 0 Å². The third-order valence-electron chi connectivity index (χ3n) is 9.45. The average molecular weight is 562 g/mol. The van der Waals surface area contributed by atoms with E-state index in [1.165, 1.54) is 12.1 Å². The number of nitrogens with zero attached hydrogens (tertiary/aromatic N) is 3. The van der Waals surface area contributed by atoms with Crippen molar-refractivity contribution in [1.29, 1.82) is 0 Å². The number of fused-ring (bicyclic) bond motifs is 1. The fraction of sp³-hybridized carbons (Fsp3) is 0.567. The van der Waals surface area contributed by atoms with E-state index in [9.17, 15) is 32.3 Å². The Morgan fingerprint density at radius 2 is 1.82 bits per heavy atom. The van der Waals surface area contributed by atoms with Crippen LogP contribution in [0.4, 0.5) is 17.6 Å². The molecule has 40 heavy (non-hydrogen) atoms. The number of alkyl halides is 3. The standard InChI is InChI=1S/C30H35F4N3O3/c1-18(2)29(28(40)37-12-8-26-21(17-37)13-22(16-35-26)30(32,33)34)9-5-23(15-29)36-10-6-19(7-11-36)20-3-4-25(31)24(14-20)27(38)39/h3-4,13-14,16,18-19,23H,5-12,15,17H2,1-2H3,(H,38,39)/t23-,29+/m1/s1. The van der Waals surface area contributed by atoms with Crippen molar-refractivity contribution < 1.29 is 32.3 Å². The van der Waals surface area contributed by atoms with Gasteiger partial charge in [-0.05, 0) is 86.4 Å². The number of aromatic nitrogens is 1. The zero-order valence-corrected chi connectivity index (χ0v) is 22.8. The van der Waals surface area contributed by atoms with Gasteiger partial charge in [-0.3, -0.25) is 9.78 Å². The first-order valence-electron chi connectivity index (χ1n) is 14.0. The molecule has 10 heteroatoms. The molecule has 2 atom stereocenters. The molecule has 2 aliphatic heterocycles. The van der Waals surface area contributed by atoms with E-state index in [1.54, 1.807) is 11.0 Å². The van der Waals surface area contributed by atoms with E-state index in [0.29, 0.717) is 30.6 Å². The monoisotopic (exact) mass is 561 g/mol. The lowest BCUT2D eigenvalue weighted by Gasteiger charge is -2.41. The molecule has 0 radical (unpaired) electrons. The number of carbonyl (C=O) groups is 2. The number of aromatic carboxylic acids is 1. The van der Waals surface area contributed by atoms with Gasteiger partial charge >= 0.3 is 12.1 Å². The molecule has 2 fully saturated rings. The Morgan fingerprint density at radius 3 is 2.48 bits per heavy atom. The van der Waals surface area contributed by atoms with Crippen LogP contribution >= 0.6 is 0 Å². The molecule has 6 nitrogen and oxygen atoms in total. The lowest BCUT2D eigenvalue weighted by atomic mass is 9.73. The van der Waals surface area contributed by atoms with Crippen LogP contribution in [0.15, 0.2) is 30.5 Å². The summed E-state index contributed by atoms with van der Waals surface area (Å²) >= 11 is 0. The molecule has 1 aromatic heterocycles. The van der Waals surface area contributed by atoms with Gasteiger partial charge in [0.25, 0.3) is 0 Å². The second-order valence-corrected chi connectivity index (χ2v) is 11.9. The van der Waals surface area contributed by atoms with Crippen LogP contribution in [-0.4, -0.2) is 57.4 Å². The maximum absolute atomic E-state index is 14.0. The molecule has 3 heterocycles. The molecule has 216 valence electrons. The fourth-order valence-corrected chi connectivity index (χ4v) is 6.95. The summed E-state index contributed by atoms with van der Waals surface area (Å²) in [5.74, 6) is -1.75. The number of amides is 1. The number of piperidine rings is 1. The van der Waals surface area contributed by atoms with Crippen molar-refractivity contribution in [2.24, 2.45) is 11.3 Å². The maximum atomic E-state index is 14.0. The molecular weight excluding hydrogens is 526 g/mol. The van der Waals surface area contributed by atoms with Crippen molar-refractivity contribution in [3.8, 4) is 0 Å². The molecule has 5 rings (SSSR count). The maximum Gasteiger partial charge on any atom is 0.417 e. The van der Waals surface area contributed by atoms with Crippen LogP contribution in [0.2, 0.25) is 0 Å². The molecule has 1 amide bonds. The SMILES string of the molecule is CC(C)[C@]1(C(=O)N2CCc3ncc(C(F)(F)F)cc3C2)CC[C@@H](N2CCC(c3ccc(F)c(C(=O)O)c3)CC2)C1. The second-order valence-electron chi connectivity index (χ2n) is 11.9. The summed E-state index contributed by atoms with van der Waals surface area (Å²) in [6.07, 6.45) is 0.793. The van der Waals surface area contributed by atoms with Crippen LogP contribution in [0.1, 0.15) is 84.6 Å². The van der Waals surface area contributed by atoms with Gasteiger partial charge in [-0.15, -0.1) is 0 Å². The second kappa shape index (κ2) is 10.8. The highest BCUT2D eigenvalue weighted by Crippen LogP contribution is 2.48. The van der Waals surface area contributed by atoms with E-state index >= 15 is 0 Å². The summed E-state index contributed by atoms with van der Waals surface area (Å²) in [5.41, 5.74) is 0.271. The Morgan fingerprint density at radius 1 is 1.10 bits per heavy atom. The Hall–Kier alpha value is -3.01. The highest BCUT2D eigenvalue weighted by molar-refractivity contribution is 5.88. The van der Waals surface area contributed by atoms with Gasteiger partial charge in [0.15, 0.2) is 0 Å². The highest BCUT2D eigenvalue weighted by atomic mass is 19.4. The summed E-state index contributed by atoms with van der Waals surface area (Å²) in [4.78, 5) is 33.6. The summed E-state index contributed by atoms with van der Waals surface area (Å²) < 4.78 is 53.7. The molecule has 1 aromatic carbocycles. The van der Waals surface area contributed by atoms with Crippen molar-refractivity contribution >= 4 is 11.9 Å². The van der Waals surface area contributed by atoms with E-state index in [4.69, 9.17) is 0 Å². The molecule has 1 saturated carbocycles. The van der Waals surface area contributed by atoms with Crippen LogP contribution in [0.3, 0.4) is 0 Å². The molecule has 0 unspecified atom stereocenters. The van der Waals surface area contributed by atoms with E-state index in [0.717, 1.165) is 56.6 Å². The van der Waals surface area contributed by atoms with Crippen molar-refractivity contribution in [3.63, 3.8) is 0 Å². The largest absolute Gasteiger partial charge is 0.478 e. The molecular formula is C30H35F4N3O3. The predicted molar refractivity (Wildman–Crippen MR) is 140 cm³/mol. The van der Waals surface area contributed by atoms with E-state index < -0.39 is 28.9 Å². The van der Waals surface area contributed by atoms with Crippen molar-refractivity contribution in [3.05, 3.63) is 64.2 Å². The Balaban J connectivity index is 1.25. The number of hydrogen-bond acceptors (Lipinski definition) is 4. The first-order valence-corrected chi connectivity index (χ1v) is 14.0. The Bertz CT molecular complexity index is 1290. The number of hydrogen-bond donors (Lipinski definition) is 1. The van der Waals surface area contributed by atoms with E-state index in [2.05, 4.69) is 23.7 Å². The van der Waals surface area contributed by atoms with Gasteiger partial charge in [-0.1, -0.05) is 19.9 Å². The minimum absolute atomic E-state index is 0.0236. The van der Waals surface area contributed by atoms with Crippen LogP contribution in [-0.2, 0) is 23.9 Å². The quantitative estimate of drug-likeness (QED) is 0.461. The third kappa shape index (κ3) is 5.34. The van der Waals surface area contributed by atoms with Crippen molar-refractivity contribution in [1.82, 2.24) is 14.8 Å². The van der Waals surface area contributed by atoms with Crippen LogP contribution in [0.25, 0.3) is 0 Å². The van der Waals surface area contributed by atoms with Gasteiger partial charge in [-0.2, -0.15) is 13.2 Å². The van der Waals surface area contributed by atoms with Gasteiger partial charge in [0.2, 0.25) is 5.91 Å². The van der Waals surface area contributed by atoms with E-state index in [-0.39, 0.29) is 35.9 Å². The predicted octanol–water partition coefficient (Wildman–Crippen LogP) is 5.90. The topological polar surface area (TPSA) is 73.7 Å². The normalized spacial score (nSPS) is 24.4. The summed E-state index contributed by atoms with van der Waals surface area (Å²) in [7, 11) is 0. The zero-order chi connectivity index (χ0) is 28.8. The lowest BCUT2D eigenvalue weighted by molar-refractivity contribution is -0.146. The summed E-state index contributed by atoms with van der Waals surface area (Å²) in [6.45, 7) is 6.32. The summed E-state index contributed by atoms with van der Waals surface area (Å²) in [5, 5.41) is 9.27. The van der Waals surface area contributed by atoms with E-state index in [1.807, 2.05) is 0 Å². The van der Waals surface area contributed by atoms with Crippen LogP contribution in [0, 0.1) is 17.2 Å². The number of benzene rings is 1. The van der Waals surface area contributed by atoms with Crippen molar-refractivity contribution in [2.45, 2.75) is 77.1 Å². The minimum atomic E-state index is -4.48. The Kier molecular flexibility index (Phi) is 7.67. The molecule has 0 spiro atoms. The first-order chi connectivity index (χ1) is 18.9. The van der Waals surface area contributed by atoms with Crippen LogP contribution in [0.5, 0.6) is 0 Å². The van der Waals surface area contributed by atoms with Crippen molar-refractivity contribution in [2.75, 3.05) is 19.6 Å². The number of halogens is 4. The van der Waals surface area contributed by atoms with Gasteiger partial charge in [0, 0.05) is 37.4 Å². The fourth-order valence-electron chi connectivity index (χ4n) is 6.95. The van der Waals surface area contributed by atoms with Gasteiger partial charge < -0.3 is 14.9 Å². The number of rotatable bonds is 5. The minimum Gasteiger partial charge on any atom is -0.478 e. The molecule has 3 aliphatic rings. The molecule has 1 N–H and O–H groups in total. The number of likely N-dealkylation sites (tertiary alicyclic amines) is 1. The average Bonchev–Trinajstić information content (AvgIpc) is 3.39. The number of carboxylic acids is 1. The molecule has 0 bridgehead atoms. The number of carboxylic acid groups (broad SMARTS) is 1. The molecule has 1 aliphatic carbocycles.